The molecule has 28 heavy (non-hydrogen) atoms. The van der Waals surface area contributed by atoms with Gasteiger partial charge in [0.1, 0.15) is 11.5 Å². The van der Waals surface area contributed by atoms with Crippen molar-refractivity contribution in [2.24, 2.45) is 0 Å². The van der Waals surface area contributed by atoms with Gasteiger partial charge in [-0.25, -0.2) is 9.37 Å². The minimum atomic E-state index is -0.325. The molecule has 1 aliphatic rings. The Bertz CT molecular complexity index is 965. The van der Waals surface area contributed by atoms with Crippen molar-refractivity contribution in [3.63, 3.8) is 0 Å². The third-order valence-electron chi connectivity index (χ3n) is 4.88. The van der Waals surface area contributed by atoms with E-state index in [4.69, 9.17) is 4.42 Å². The Labute approximate surface area is 161 Å². The number of aromatic nitrogens is 4. The second-order valence-corrected chi connectivity index (χ2v) is 6.95. The number of benzene rings is 1. The maximum absolute atomic E-state index is 13.3. The van der Waals surface area contributed by atoms with Gasteiger partial charge in [0.25, 0.3) is 5.89 Å². The van der Waals surface area contributed by atoms with Gasteiger partial charge in [-0.2, -0.15) is 0 Å². The van der Waals surface area contributed by atoms with Gasteiger partial charge in [0, 0.05) is 25.2 Å². The van der Waals surface area contributed by atoms with Crippen LogP contribution in [0.5, 0.6) is 0 Å². The molecule has 1 fully saturated rings. The molecule has 7 nitrogen and oxygen atoms in total. The molecule has 0 bridgehead atoms. The van der Waals surface area contributed by atoms with Gasteiger partial charge in [-0.1, -0.05) is 12.1 Å². The van der Waals surface area contributed by atoms with E-state index < -0.39 is 0 Å². The molecule has 4 rings (SSSR count). The van der Waals surface area contributed by atoms with Crippen molar-refractivity contribution < 1.29 is 13.6 Å². The lowest BCUT2D eigenvalue weighted by molar-refractivity contribution is -0.131. The van der Waals surface area contributed by atoms with E-state index in [1.165, 1.54) is 12.1 Å². The fourth-order valence-electron chi connectivity index (χ4n) is 3.32. The minimum Gasteiger partial charge on any atom is -0.419 e. The summed E-state index contributed by atoms with van der Waals surface area (Å²) in [6, 6.07) is 6.16. The number of likely N-dealkylation sites (tertiary alicyclic amines) is 1. The highest BCUT2D eigenvalue weighted by Crippen LogP contribution is 2.29. The normalized spacial score (nSPS) is 15.0. The smallest absolute Gasteiger partial charge is 0.267 e. The average molecular weight is 381 g/mol. The van der Waals surface area contributed by atoms with E-state index in [9.17, 15) is 9.18 Å². The number of hydrogen-bond acceptors (Lipinski definition) is 6. The number of rotatable bonds is 4. The number of hydrogen-bond donors (Lipinski definition) is 0. The summed E-state index contributed by atoms with van der Waals surface area (Å²) in [6.07, 6.45) is 4.97. The number of carbonyl (C=O) groups is 1. The van der Waals surface area contributed by atoms with Gasteiger partial charge in [0.05, 0.1) is 18.3 Å². The van der Waals surface area contributed by atoms with Crippen molar-refractivity contribution in [2.75, 3.05) is 13.1 Å². The maximum Gasteiger partial charge on any atom is 0.267 e. The summed E-state index contributed by atoms with van der Waals surface area (Å²) in [5.41, 5.74) is 2.05. The van der Waals surface area contributed by atoms with Crippen LogP contribution in [0.2, 0.25) is 0 Å². The fraction of sp³-hybridized carbons (Fsp3) is 0.350. The largest absolute Gasteiger partial charge is 0.419 e. The molecule has 0 spiro atoms. The first kappa shape index (κ1) is 18.2. The summed E-state index contributed by atoms with van der Waals surface area (Å²) >= 11 is 0. The first-order valence-corrected chi connectivity index (χ1v) is 9.23. The summed E-state index contributed by atoms with van der Waals surface area (Å²) in [6.45, 7) is 3.08. The van der Waals surface area contributed by atoms with Crippen molar-refractivity contribution in [1.29, 1.82) is 0 Å². The number of aryl methyl sites for hydroxylation is 1. The van der Waals surface area contributed by atoms with Crippen molar-refractivity contribution in [3.05, 3.63) is 59.6 Å². The van der Waals surface area contributed by atoms with Gasteiger partial charge in [-0.05, 0) is 37.5 Å². The van der Waals surface area contributed by atoms with E-state index in [-0.39, 0.29) is 24.1 Å². The van der Waals surface area contributed by atoms with Crippen LogP contribution in [0.4, 0.5) is 4.39 Å². The van der Waals surface area contributed by atoms with Crippen LogP contribution in [0.3, 0.4) is 0 Å². The Morgan fingerprint density at radius 3 is 2.75 bits per heavy atom. The Hall–Kier alpha value is -3.16. The van der Waals surface area contributed by atoms with Crippen LogP contribution < -0.4 is 0 Å². The molecule has 2 aromatic heterocycles. The number of nitrogens with zero attached hydrogens (tertiary/aromatic N) is 5. The number of carbonyl (C=O) groups excluding carboxylic acids is 1. The topological polar surface area (TPSA) is 85.0 Å². The Balaban J connectivity index is 1.35. The highest BCUT2D eigenvalue weighted by atomic mass is 19.1. The highest BCUT2D eigenvalue weighted by molar-refractivity contribution is 5.78. The maximum atomic E-state index is 13.3. The predicted octanol–water partition coefficient (Wildman–Crippen LogP) is 2.92. The molecule has 0 N–H and O–H groups in total. The Morgan fingerprint density at radius 1 is 1.21 bits per heavy atom. The second-order valence-electron chi connectivity index (χ2n) is 6.95. The monoisotopic (exact) mass is 381 g/mol. The molecule has 0 atom stereocenters. The Kier molecular flexibility index (Phi) is 5.10. The average Bonchev–Trinajstić information content (AvgIpc) is 3.19. The van der Waals surface area contributed by atoms with Crippen LogP contribution in [-0.4, -0.2) is 44.1 Å². The van der Waals surface area contributed by atoms with Crippen molar-refractivity contribution in [3.8, 4) is 11.6 Å². The molecular formula is C20H20FN5O2. The zero-order chi connectivity index (χ0) is 19.5. The lowest BCUT2D eigenvalue weighted by atomic mass is 9.96. The van der Waals surface area contributed by atoms with E-state index in [0.29, 0.717) is 36.1 Å². The highest BCUT2D eigenvalue weighted by Gasteiger charge is 2.27. The molecule has 144 valence electrons. The van der Waals surface area contributed by atoms with Crippen LogP contribution >= 0.6 is 0 Å². The summed E-state index contributed by atoms with van der Waals surface area (Å²) in [5, 5.41) is 8.23. The summed E-state index contributed by atoms with van der Waals surface area (Å²) < 4.78 is 19.1. The molecule has 3 heterocycles. The van der Waals surface area contributed by atoms with Gasteiger partial charge in [0.15, 0.2) is 0 Å². The third kappa shape index (κ3) is 4.05. The van der Waals surface area contributed by atoms with Crippen LogP contribution in [0.25, 0.3) is 11.6 Å². The van der Waals surface area contributed by atoms with E-state index in [2.05, 4.69) is 20.2 Å². The lowest BCUT2D eigenvalue weighted by Crippen LogP contribution is -2.38. The van der Waals surface area contributed by atoms with Crippen molar-refractivity contribution >= 4 is 5.91 Å². The zero-order valence-corrected chi connectivity index (χ0v) is 15.5. The molecule has 1 amide bonds. The minimum absolute atomic E-state index is 0.00481. The molecular weight excluding hydrogens is 361 g/mol. The first-order chi connectivity index (χ1) is 13.6. The molecule has 0 unspecified atom stereocenters. The summed E-state index contributed by atoms with van der Waals surface area (Å²) in [7, 11) is 0. The van der Waals surface area contributed by atoms with Gasteiger partial charge < -0.3 is 9.32 Å². The molecule has 1 aromatic carbocycles. The van der Waals surface area contributed by atoms with E-state index >= 15 is 0 Å². The Morgan fingerprint density at radius 2 is 2.04 bits per heavy atom. The van der Waals surface area contributed by atoms with E-state index in [1.54, 1.807) is 24.5 Å². The number of amides is 1. The molecule has 3 aromatic rings. The van der Waals surface area contributed by atoms with Crippen LogP contribution in [0.1, 0.15) is 35.9 Å². The molecule has 0 aliphatic carbocycles. The first-order valence-electron chi connectivity index (χ1n) is 9.23. The fourth-order valence-corrected chi connectivity index (χ4v) is 3.32. The number of piperidine rings is 1. The number of halogens is 1. The van der Waals surface area contributed by atoms with Gasteiger partial charge in [-0.15, -0.1) is 10.2 Å². The van der Waals surface area contributed by atoms with Gasteiger partial charge in [-0.3, -0.25) is 9.78 Å². The molecule has 0 saturated carbocycles. The van der Waals surface area contributed by atoms with Crippen LogP contribution in [0, 0.1) is 12.7 Å². The van der Waals surface area contributed by atoms with Crippen LogP contribution in [-0.2, 0) is 11.2 Å². The van der Waals surface area contributed by atoms with Crippen molar-refractivity contribution in [1.82, 2.24) is 25.1 Å². The predicted molar refractivity (Wildman–Crippen MR) is 98.7 cm³/mol. The van der Waals surface area contributed by atoms with E-state index in [1.807, 2.05) is 11.8 Å². The third-order valence-corrected chi connectivity index (χ3v) is 4.88. The van der Waals surface area contributed by atoms with E-state index in [0.717, 1.165) is 18.5 Å². The summed E-state index contributed by atoms with van der Waals surface area (Å²) in [5.74, 6) is 0.708. The molecule has 1 saturated heterocycles. The second kappa shape index (κ2) is 7.84. The zero-order valence-electron chi connectivity index (χ0n) is 15.5. The van der Waals surface area contributed by atoms with Crippen molar-refractivity contribution in [2.45, 2.75) is 32.1 Å². The molecule has 1 aliphatic heterocycles. The quantitative estimate of drug-likeness (QED) is 0.691. The van der Waals surface area contributed by atoms with Crippen LogP contribution in [0.15, 0.2) is 41.1 Å². The molecule has 0 radical (unpaired) electrons. The van der Waals surface area contributed by atoms with Gasteiger partial charge >= 0.3 is 0 Å². The SMILES string of the molecule is Cc1cnc(-c2nnc(C3CCN(C(=O)Cc4cccc(F)c4)CC3)o2)cn1. The molecule has 8 heteroatoms. The lowest BCUT2D eigenvalue weighted by Gasteiger charge is -2.30. The summed E-state index contributed by atoms with van der Waals surface area (Å²) in [4.78, 5) is 22.7. The standard InChI is InChI=1S/C20H20FN5O2/c1-13-11-23-17(12-22-13)20-25-24-19(28-20)15-5-7-26(8-6-15)18(27)10-14-3-2-4-16(21)9-14/h2-4,9,11-12,15H,5-8,10H2,1H3. The van der Waals surface area contributed by atoms with Gasteiger partial charge in [0.2, 0.25) is 11.8 Å².